The molecule has 66 valence electrons. The van der Waals surface area contributed by atoms with Gasteiger partial charge in [0, 0.05) is 20.3 Å². The van der Waals surface area contributed by atoms with Gasteiger partial charge in [0.05, 0.1) is 13.2 Å². The van der Waals surface area contributed by atoms with Crippen LogP contribution in [0.25, 0.3) is 0 Å². The van der Waals surface area contributed by atoms with E-state index in [0.29, 0.717) is 11.5 Å². The fraction of sp³-hybridized carbons (Fsp3) is 0.375. The molecule has 0 bridgehead atoms. The summed E-state index contributed by atoms with van der Waals surface area (Å²) in [6.07, 6.45) is 3.00. The Balaban J connectivity index is 2.82. The number of hydrogen-bond acceptors (Lipinski definition) is 4. The van der Waals surface area contributed by atoms with Gasteiger partial charge < -0.3 is 14.4 Å². The van der Waals surface area contributed by atoms with Crippen LogP contribution in [0.2, 0.25) is 0 Å². The first kappa shape index (κ1) is 8.64. The molecule has 1 aliphatic heterocycles. The highest BCUT2D eigenvalue weighted by molar-refractivity contribution is 5.87. The van der Waals surface area contributed by atoms with Crippen molar-refractivity contribution in [3.05, 3.63) is 23.8 Å². The molecule has 0 saturated heterocycles. The third-order valence-corrected chi connectivity index (χ3v) is 1.30. The molecule has 0 aromatic rings. The van der Waals surface area contributed by atoms with Gasteiger partial charge in [-0.25, -0.2) is 4.79 Å². The lowest BCUT2D eigenvalue weighted by Gasteiger charge is -2.07. The predicted molar refractivity (Wildman–Crippen MR) is 43.0 cm³/mol. The number of methoxy groups -OCH3 is 1. The van der Waals surface area contributed by atoms with Crippen molar-refractivity contribution in [1.29, 1.82) is 0 Å². The first-order valence-electron chi connectivity index (χ1n) is 3.49. The highest BCUT2D eigenvalue weighted by Crippen LogP contribution is 2.19. The normalized spacial score (nSPS) is 19.1. The Bertz CT molecular complexity index is 253. The molecule has 0 radical (unpaired) electrons. The summed E-state index contributed by atoms with van der Waals surface area (Å²) in [5.74, 6) is 0.529. The third-order valence-electron chi connectivity index (χ3n) is 1.30. The van der Waals surface area contributed by atoms with Gasteiger partial charge in [0.1, 0.15) is 0 Å². The Kier molecular flexibility index (Phi) is 2.38. The molecule has 1 aliphatic rings. The van der Waals surface area contributed by atoms with E-state index in [1.54, 1.807) is 11.1 Å². The van der Waals surface area contributed by atoms with Crippen molar-refractivity contribution >= 4 is 5.97 Å². The summed E-state index contributed by atoms with van der Waals surface area (Å²) >= 11 is 0. The first-order valence-corrected chi connectivity index (χ1v) is 3.49. The van der Waals surface area contributed by atoms with Crippen LogP contribution in [0.5, 0.6) is 0 Å². The van der Waals surface area contributed by atoms with Crippen molar-refractivity contribution in [2.45, 2.75) is 0 Å². The van der Waals surface area contributed by atoms with Crippen molar-refractivity contribution in [2.75, 3.05) is 21.2 Å². The topological polar surface area (TPSA) is 38.8 Å². The van der Waals surface area contributed by atoms with Crippen LogP contribution in [0.1, 0.15) is 0 Å². The predicted octanol–water partition coefficient (Wildman–Crippen LogP) is 0.476. The van der Waals surface area contributed by atoms with Crippen LogP contribution in [0.4, 0.5) is 0 Å². The number of nitrogens with zero attached hydrogens (tertiary/aromatic N) is 1. The van der Waals surface area contributed by atoms with Crippen LogP contribution < -0.4 is 0 Å². The molecule has 0 amide bonds. The summed E-state index contributed by atoms with van der Waals surface area (Å²) in [6, 6.07) is 0. The molecule has 0 unspecified atom stereocenters. The molecule has 0 aromatic heterocycles. The lowest BCUT2D eigenvalue weighted by molar-refractivity contribution is -0.132. The highest BCUT2D eigenvalue weighted by Gasteiger charge is 2.20. The minimum absolute atomic E-state index is 0.389. The van der Waals surface area contributed by atoms with Crippen molar-refractivity contribution < 1.29 is 14.3 Å². The average Bonchev–Trinajstić information content (AvgIpc) is 2.29. The minimum atomic E-state index is -0.389. The molecule has 0 saturated carbocycles. The maximum absolute atomic E-state index is 10.8. The number of rotatable bonds is 2. The summed E-state index contributed by atoms with van der Waals surface area (Å²) in [5.41, 5.74) is 0. The van der Waals surface area contributed by atoms with Gasteiger partial charge in [-0.3, -0.25) is 0 Å². The maximum atomic E-state index is 10.8. The van der Waals surface area contributed by atoms with Gasteiger partial charge in [-0.1, -0.05) is 0 Å². The molecule has 12 heavy (non-hydrogen) atoms. The van der Waals surface area contributed by atoms with Crippen LogP contribution in [0.15, 0.2) is 23.8 Å². The third kappa shape index (κ3) is 1.78. The second-order valence-electron chi connectivity index (χ2n) is 2.59. The molecule has 0 fully saturated rings. The largest absolute Gasteiger partial charge is 0.493 e. The van der Waals surface area contributed by atoms with E-state index in [0.717, 1.165) is 0 Å². The van der Waals surface area contributed by atoms with Gasteiger partial charge in [-0.15, -0.1) is 0 Å². The van der Waals surface area contributed by atoms with Gasteiger partial charge in [-0.05, 0) is 0 Å². The zero-order valence-corrected chi connectivity index (χ0v) is 7.33. The van der Waals surface area contributed by atoms with Gasteiger partial charge in [0.25, 0.3) is 0 Å². The molecule has 0 aromatic carbocycles. The Hall–Kier alpha value is -1.45. The summed E-state index contributed by atoms with van der Waals surface area (Å²) < 4.78 is 9.75. The van der Waals surface area contributed by atoms with Gasteiger partial charge >= 0.3 is 5.97 Å². The van der Waals surface area contributed by atoms with Gasteiger partial charge in [0.2, 0.25) is 0 Å². The second-order valence-corrected chi connectivity index (χ2v) is 2.59. The average molecular weight is 169 g/mol. The van der Waals surface area contributed by atoms with E-state index in [1.165, 1.54) is 13.2 Å². The van der Waals surface area contributed by atoms with Crippen LogP contribution in [0.3, 0.4) is 0 Å². The lowest BCUT2D eigenvalue weighted by atomic mass is 10.4. The Labute approximate surface area is 71.1 Å². The van der Waals surface area contributed by atoms with E-state index in [1.807, 2.05) is 14.1 Å². The monoisotopic (exact) mass is 169 g/mol. The molecule has 1 rings (SSSR count). The van der Waals surface area contributed by atoms with E-state index < -0.39 is 0 Å². The summed E-state index contributed by atoms with van der Waals surface area (Å²) in [5, 5.41) is 0. The molecule has 0 spiro atoms. The fourth-order valence-electron chi connectivity index (χ4n) is 0.850. The molecular formula is C8H11NO3. The zero-order valence-electron chi connectivity index (χ0n) is 7.33. The standard InChI is InChI=1S/C8H11NO3/c1-9(2)5-7-6(11-3)4-8(10)12-7/h4-5H,1-3H3/b7-5+. The Morgan fingerprint density at radius 3 is 2.75 bits per heavy atom. The van der Waals surface area contributed by atoms with Crippen molar-refractivity contribution in [2.24, 2.45) is 0 Å². The number of carbonyl (C=O) groups is 1. The fourth-order valence-corrected chi connectivity index (χ4v) is 0.850. The Morgan fingerprint density at radius 1 is 1.58 bits per heavy atom. The SMILES string of the molecule is COC1=CC(=O)O/C1=C/N(C)C. The van der Waals surface area contributed by atoms with E-state index in [2.05, 4.69) is 0 Å². The molecule has 0 N–H and O–H groups in total. The van der Waals surface area contributed by atoms with Crippen molar-refractivity contribution in [3.63, 3.8) is 0 Å². The van der Waals surface area contributed by atoms with E-state index in [4.69, 9.17) is 9.47 Å². The molecule has 1 heterocycles. The molecule has 4 heteroatoms. The van der Waals surface area contributed by atoms with Crippen LogP contribution in [-0.2, 0) is 14.3 Å². The van der Waals surface area contributed by atoms with Crippen molar-refractivity contribution in [3.8, 4) is 0 Å². The number of esters is 1. The van der Waals surface area contributed by atoms with Gasteiger partial charge in [0.15, 0.2) is 11.5 Å². The number of carbonyl (C=O) groups excluding carboxylic acids is 1. The molecule has 0 atom stereocenters. The molecule has 4 nitrogen and oxygen atoms in total. The second kappa shape index (κ2) is 3.30. The van der Waals surface area contributed by atoms with Crippen LogP contribution in [0, 0.1) is 0 Å². The number of hydrogen-bond donors (Lipinski definition) is 0. The number of ether oxygens (including phenoxy) is 2. The molecule has 0 aliphatic carbocycles. The van der Waals surface area contributed by atoms with Gasteiger partial charge in [-0.2, -0.15) is 0 Å². The van der Waals surface area contributed by atoms with E-state index >= 15 is 0 Å². The number of cyclic esters (lactones) is 1. The summed E-state index contributed by atoms with van der Waals surface area (Å²) in [6.45, 7) is 0. The minimum Gasteiger partial charge on any atom is -0.493 e. The van der Waals surface area contributed by atoms with E-state index in [-0.39, 0.29) is 5.97 Å². The Morgan fingerprint density at radius 2 is 2.25 bits per heavy atom. The highest BCUT2D eigenvalue weighted by atomic mass is 16.6. The van der Waals surface area contributed by atoms with Crippen LogP contribution >= 0.6 is 0 Å². The quantitative estimate of drug-likeness (QED) is 0.563. The van der Waals surface area contributed by atoms with E-state index in [9.17, 15) is 4.79 Å². The first-order chi connectivity index (χ1) is 5.63. The molecular weight excluding hydrogens is 158 g/mol. The maximum Gasteiger partial charge on any atom is 0.340 e. The smallest absolute Gasteiger partial charge is 0.340 e. The summed E-state index contributed by atoms with van der Waals surface area (Å²) in [4.78, 5) is 12.5. The van der Waals surface area contributed by atoms with Crippen LogP contribution in [-0.4, -0.2) is 32.1 Å². The zero-order chi connectivity index (χ0) is 9.14. The summed E-state index contributed by atoms with van der Waals surface area (Å²) in [7, 11) is 5.18. The lowest BCUT2D eigenvalue weighted by Crippen LogP contribution is -2.05. The van der Waals surface area contributed by atoms with Crippen molar-refractivity contribution in [1.82, 2.24) is 4.90 Å².